The number of hydrogen-bond donors (Lipinski definition) is 1. The van der Waals surface area contributed by atoms with E-state index < -0.39 is 18.0 Å². The van der Waals surface area contributed by atoms with Gasteiger partial charge in [-0.15, -0.1) is 0 Å². The van der Waals surface area contributed by atoms with E-state index in [0.29, 0.717) is 55.8 Å². The first-order valence-corrected chi connectivity index (χ1v) is 14.0. The Bertz CT molecular complexity index is 1900. The zero-order chi connectivity index (χ0) is 30.0. The number of aromatic carboxylic acids is 1. The summed E-state index contributed by atoms with van der Waals surface area (Å²) in [5.41, 5.74) is 1.45. The third-order valence-electron chi connectivity index (χ3n) is 6.64. The smallest absolute Gasteiger partial charge is 0.338 e. The van der Waals surface area contributed by atoms with Crippen molar-refractivity contribution in [2.75, 3.05) is 20.3 Å². The minimum atomic E-state index is -1.07. The van der Waals surface area contributed by atoms with E-state index in [2.05, 4.69) is 4.99 Å². The number of nitrogens with zero attached hydrogens (tertiary/aromatic N) is 2. The molecule has 42 heavy (non-hydrogen) atoms. The maximum absolute atomic E-state index is 13.9. The molecular weight excluding hydrogens is 560 g/mol. The van der Waals surface area contributed by atoms with E-state index in [1.54, 1.807) is 68.5 Å². The molecule has 1 aliphatic rings. The van der Waals surface area contributed by atoms with E-state index in [1.165, 1.54) is 17.7 Å². The molecule has 0 saturated heterocycles. The van der Waals surface area contributed by atoms with Gasteiger partial charge in [0.25, 0.3) is 5.56 Å². The highest BCUT2D eigenvalue weighted by Gasteiger charge is 2.34. The summed E-state index contributed by atoms with van der Waals surface area (Å²) in [7, 11) is 1.54. The fourth-order valence-electron chi connectivity index (χ4n) is 4.83. The number of carboxylic acids is 1. The summed E-state index contributed by atoms with van der Waals surface area (Å²) in [5.74, 6) is 0.0606. The Kier molecular flexibility index (Phi) is 8.12. The maximum Gasteiger partial charge on any atom is 0.338 e. The molecule has 0 bridgehead atoms. The Balaban J connectivity index is 1.66. The van der Waals surface area contributed by atoms with E-state index in [-0.39, 0.29) is 23.3 Å². The zero-order valence-electron chi connectivity index (χ0n) is 23.4. The Morgan fingerprint density at radius 2 is 1.88 bits per heavy atom. The molecule has 0 amide bonds. The Morgan fingerprint density at radius 3 is 2.60 bits per heavy atom. The molecule has 11 heteroatoms. The second kappa shape index (κ2) is 11.9. The number of aromatic nitrogens is 1. The molecule has 1 unspecified atom stereocenters. The Labute approximate surface area is 244 Å². The van der Waals surface area contributed by atoms with Crippen LogP contribution in [0.4, 0.5) is 0 Å². The second-order valence-electron chi connectivity index (χ2n) is 9.20. The number of carbonyl (C=O) groups is 2. The average molecular weight is 589 g/mol. The van der Waals surface area contributed by atoms with Crippen molar-refractivity contribution in [3.8, 4) is 22.8 Å². The molecule has 2 aromatic heterocycles. The van der Waals surface area contributed by atoms with Gasteiger partial charge in [-0.05, 0) is 56.7 Å². The van der Waals surface area contributed by atoms with E-state index in [4.69, 9.17) is 18.6 Å². The third kappa shape index (κ3) is 5.26. The van der Waals surface area contributed by atoms with Crippen molar-refractivity contribution in [3.63, 3.8) is 0 Å². The SMILES string of the molecule is CCOC(=O)C1=C(C)N=c2s/c(=C/c3ccc(-c4ccccc4C(=O)O)o3)c(=O)n2C1c1ccc(OC)c(OCC)c1. The fraction of sp³-hybridized carbons (Fsp3) is 0.226. The lowest BCUT2D eigenvalue weighted by Crippen LogP contribution is -2.39. The zero-order valence-corrected chi connectivity index (χ0v) is 24.2. The van der Waals surface area contributed by atoms with Crippen molar-refractivity contribution < 1.29 is 33.3 Å². The number of ether oxygens (including phenoxy) is 3. The van der Waals surface area contributed by atoms with Crippen molar-refractivity contribution in [1.82, 2.24) is 4.57 Å². The van der Waals surface area contributed by atoms with Gasteiger partial charge in [0.15, 0.2) is 16.3 Å². The summed E-state index contributed by atoms with van der Waals surface area (Å²) in [6.45, 7) is 5.83. The van der Waals surface area contributed by atoms with Crippen LogP contribution in [0.5, 0.6) is 11.5 Å². The lowest BCUT2D eigenvalue weighted by atomic mass is 9.95. The van der Waals surface area contributed by atoms with E-state index in [9.17, 15) is 19.5 Å². The normalized spacial score (nSPS) is 14.8. The molecule has 5 rings (SSSR count). The molecule has 1 N–H and O–H groups in total. The number of fused-ring (bicyclic) bond motifs is 1. The van der Waals surface area contributed by atoms with Gasteiger partial charge in [0, 0.05) is 11.6 Å². The van der Waals surface area contributed by atoms with Crippen LogP contribution >= 0.6 is 11.3 Å². The van der Waals surface area contributed by atoms with Gasteiger partial charge in [0.1, 0.15) is 11.5 Å². The minimum Gasteiger partial charge on any atom is -0.493 e. The number of thiazole rings is 1. The van der Waals surface area contributed by atoms with Crippen molar-refractivity contribution >= 4 is 29.4 Å². The number of hydrogen-bond acceptors (Lipinski definition) is 9. The van der Waals surface area contributed by atoms with Crippen molar-refractivity contribution in [1.29, 1.82) is 0 Å². The van der Waals surface area contributed by atoms with Gasteiger partial charge in [0.2, 0.25) is 0 Å². The number of carbonyl (C=O) groups excluding carboxylic acids is 1. The van der Waals surface area contributed by atoms with Crippen LogP contribution in [-0.2, 0) is 9.53 Å². The summed E-state index contributed by atoms with van der Waals surface area (Å²) in [6.07, 6.45) is 1.58. The monoisotopic (exact) mass is 588 g/mol. The van der Waals surface area contributed by atoms with Gasteiger partial charge in [-0.25, -0.2) is 14.6 Å². The Hall–Kier alpha value is -4.90. The fourth-order valence-corrected chi connectivity index (χ4v) is 5.85. The van der Waals surface area contributed by atoms with E-state index in [1.807, 2.05) is 6.92 Å². The van der Waals surface area contributed by atoms with Crippen LogP contribution in [-0.4, -0.2) is 41.9 Å². The van der Waals surface area contributed by atoms with Gasteiger partial charge in [-0.2, -0.15) is 0 Å². The average Bonchev–Trinajstić information content (AvgIpc) is 3.56. The maximum atomic E-state index is 13.9. The van der Waals surface area contributed by atoms with Crippen LogP contribution in [0.3, 0.4) is 0 Å². The first kappa shape index (κ1) is 28.6. The lowest BCUT2D eigenvalue weighted by Gasteiger charge is -2.25. The molecule has 1 atom stereocenters. The molecule has 3 heterocycles. The topological polar surface area (TPSA) is 130 Å². The number of benzene rings is 2. The molecule has 4 aromatic rings. The highest BCUT2D eigenvalue weighted by molar-refractivity contribution is 7.07. The minimum absolute atomic E-state index is 0.102. The van der Waals surface area contributed by atoms with Crippen LogP contribution in [0.15, 0.2) is 80.1 Å². The summed E-state index contributed by atoms with van der Waals surface area (Å²) in [4.78, 5) is 43.8. The summed E-state index contributed by atoms with van der Waals surface area (Å²) < 4.78 is 24.3. The van der Waals surface area contributed by atoms with Gasteiger partial charge in [-0.3, -0.25) is 9.36 Å². The number of rotatable bonds is 9. The third-order valence-corrected chi connectivity index (χ3v) is 7.63. The molecule has 0 spiro atoms. The van der Waals surface area contributed by atoms with Gasteiger partial charge >= 0.3 is 11.9 Å². The first-order valence-electron chi connectivity index (χ1n) is 13.2. The largest absolute Gasteiger partial charge is 0.493 e. The van der Waals surface area contributed by atoms with Crippen molar-refractivity contribution in [2.24, 2.45) is 4.99 Å². The molecule has 0 saturated carbocycles. The van der Waals surface area contributed by atoms with E-state index in [0.717, 1.165) is 11.3 Å². The van der Waals surface area contributed by atoms with Crippen molar-refractivity contribution in [2.45, 2.75) is 26.8 Å². The number of esters is 1. The molecule has 216 valence electrons. The number of allylic oxidation sites excluding steroid dienone is 1. The number of methoxy groups -OCH3 is 1. The predicted octanol–water partition coefficient (Wildman–Crippen LogP) is 4.16. The highest BCUT2D eigenvalue weighted by Crippen LogP contribution is 2.36. The molecule has 2 aromatic carbocycles. The number of furan rings is 1. The summed E-state index contributed by atoms with van der Waals surface area (Å²) >= 11 is 1.15. The van der Waals surface area contributed by atoms with Gasteiger partial charge in [0.05, 0.1) is 47.7 Å². The van der Waals surface area contributed by atoms with Crippen LogP contribution in [0.1, 0.15) is 48.5 Å². The highest BCUT2D eigenvalue weighted by atomic mass is 32.1. The Morgan fingerprint density at radius 1 is 1.10 bits per heavy atom. The molecule has 0 fully saturated rings. The number of carboxylic acid groups (broad SMARTS) is 1. The molecule has 1 aliphatic heterocycles. The van der Waals surface area contributed by atoms with E-state index >= 15 is 0 Å². The van der Waals surface area contributed by atoms with Crippen LogP contribution in [0.2, 0.25) is 0 Å². The molecule has 0 radical (unpaired) electrons. The van der Waals surface area contributed by atoms with Gasteiger partial charge < -0.3 is 23.7 Å². The first-order chi connectivity index (χ1) is 20.3. The molecule has 0 aliphatic carbocycles. The van der Waals surface area contributed by atoms with Crippen LogP contribution < -0.4 is 24.4 Å². The standard InChI is InChI=1S/C31H28N2O8S/c1-5-39-24-15-18(11-13-23(24)38-4)27-26(30(37)40-6-2)17(3)32-31-33(27)28(34)25(42-31)16-19-12-14-22(41-19)20-9-7-8-10-21(20)29(35)36/h7-16,27H,5-6H2,1-4H3,(H,35,36)/b25-16+. The van der Waals surface area contributed by atoms with Gasteiger partial charge in [-0.1, -0.05) is 35.6 Å². The predicted molar refractivity (Wildman–Crippen MR) is 156 cm³/mol. The molecule has 10 nitrogen and oxygen atoms in total. The quantitative estimate of drug-likeness (QED) is 0.289. The molecular formula is C31H28N2O8S. The lowest BCUT2D eigenvalue weighted by molar-refractivity contribution is -0.139. The van der Waals surface area contributed by atoms with Crippen LogP contribution in [0, 0.1) is 0 Å². The van der Waals surface area contributed by atoms with Crippen molar-refractivity contribution in [3.05, 3.63) is 102 Å². The summed E-state index contributed by atoms with van der Waals surface area (Å²) in [5, 5.41) is 9.56. The summed E-state index contributed by atoms with van der Waals surface area (Å²) in [6, 6.07) is 14.3. The second-order valence-corrected chi connectivity index (χ2v) is 10.2. The van der Waals surface area contributed by atoms with Crippen LogP contribution in [0.25, 0.3) is 17.4 Å².